The Morgan fingerprint density at radius 1 is 0.591 bits per heavy atom. The predicted molar refractivity (Wildman–Crippen MR) is 182 cm³/mol. The molecule has 0 spiro atoms. The van der Waals surface area contributed by atoms with Crippen molar-refractivity contribution in [1.29, 1.82) is 0 Å². The first-order valence-electron chi connectivity index (χ1n) is 18.1. The molecule has 0 aliphatic carbocycles. The van der Waals surface area contributed by atoms with E-state index in [2.05, 4.69) is 50.2 Å². The van der Waals surface area contributed by atoms with E-state index in [4.69, 9.17) is 23.5 Å². The number of hydrogen-bond acceptors (Lipinski definition) is 5. The molecule has 5 nitrogen and oxygen atoms in total. The minimum absolute atomic E-state index is 0.0443. The van der Waals surface area contributed by atoms with Crippen LogP contribution in [0, 0.1) is 0 Å². The van der Waals surface area contributed by atoms with Crippen LogP contribution in [0.15, 0.2) is 48.5 Å². The van der Waals surface area contributed by atoms with E-state index < -0.39 is 0 Å². The third-order valence-corrected chi connectivity index (χ3v) is 9.11. The molecule has 244 valence electrons. The Kier molecular flexibility index (Phi) is 16.6. The van der Waals surface area contributed by atoms with Gasteiger partial charge in [-0.05, 0) is 61.0 Å². The van der Waals surface area contributed by atoms with Gasteiger partial charge in [0, 0.05) is 0 Å². The van der Waals surface area contributed by atoms with Gasteiger partial charge in [0.1, 0.15) is 17.6 Å². The average molecular weight is 607 g/mol. The molecule has 2 aliphatic heterocycles. The summed E-state index contributed by atoms with van der Waals surface area (Å²) in [7, 11) is -0.351. The molecule has 0 amide bonds. The number of benzene rings is 2. The summed E-state index contributed by atoms with van der Waals surface area (Å²) in [5.41, 5.74) is 2.24. The molecule has 0 aromatic heterocycles. The summed E-state index contributed by atoms with van der Waals surface area (Å²) in [6, 6.07) is 16.7. The molecule has 4 rings (SSSR count). The minimum Gasteiger partial charge on any atom is -0.494 e. The highest BCUT2D eigenvalue weighted by atomic mass is 16.6. The standard InChI is InChI=1S/C38H59BO5/c1-3-5-7-9-11-12-13-14-16-18-29-40-34-23-19-32(20-24-34)36-27-28-37-38(43-36)31-42-39(44-37)33-21-25-35(26-22-33)41-30-17-15-10-8-6-4-2/h19-26,36-38H,3-18,27-31H2,1-2H3/t36-,37+,38-/m1/s1. The van der Waals surface area contributed by atoms with Gasteiger partial charge in [0.15, 0.2) is 0 Å². The highest BCUT2D eigenvalue weighted by molar-refractivity contribution is 6.61. The zero-order valence-electron chi connectivity index (χ0n) is 27.8. The maximum Gasteiger partial charge on any atom is 0.494 e. The van der Waals surface area contributed by atoms with Crippen LogP contribution in [-0.2, 0) is 14.0 Å². The number of rotatable bonds is 22. The van der Waals surface area contributed by atoms with E-state index >= 15 is 0 Å². The molecule has 2 aliphatic rings. The van der Waals surface area contributed by atoms with Gasteiger partial charge in [0.05, 0.1) is 32.0 Å². The molecule has 2 fully saturated rings. The van der Waals surface area contributed by atoms with E-state index in [9.17, 15) is 0 Å². The summed E-state index contributed by atoms with van der Waals surface area (Å²) in [6.45, 7) is 6.65. The lowest BCUT2D eigenvalue weighted by Crippen LogP contribution is -2.54. The van der Waals surface area contributed by atoms with Crippen molar-refractivity contribution in [2.75, 3.05) is 19.8 Å². The Hall–Kier alpha value is -2.02. The summed E-state index contributed by atoms with van der Waals surface area (Å²) in [6.07, 6.45) is 23.0. The van der Waals surface area contributed by atoms with Crippen molar-refractivity contribution >= 4 is 12.6 Å². The molecule has 2 saturated heterocycles. The molecular weight excluding hydrogens is 547 g/mol. The van der Waals surface area contributed by atoms with E-state index in [1.807, 2.05) is 12.1 Å². The number of ether oxygens (including phenoxy) is 3. The van der Waals surface area contributed by atoms with Crippen molar-refractivity contribution in [3.05, 3.63) is 54.1 Å². The summed E-state index contributed by atoms with van der Waals surface area (Å²) >= 11 is 0. The molecule has 0 bridgehead atoms. The van der Waals surface area contributed by atoms with Gasteiger partial charge in [-0.15, -0.1) is 0 Å². The summed E-state index contributed by atoms with van der Waals surface area (Å²) in [5, 5.41) is 0. The van der Waals surface area contributed by atoms with Gasteiger partial charge in [0.2, 0.25) is 0 Å². The van der Waals surface area contributed by atoms with Crippen LogP contribution in [0.5, 0.6) is 11.5 Å². The fraction of sp³-hybridized carbons (Fsp3) is 0.684. The zero-order valence-corrected chi connectivity index (χ0v) is 27.8. The summed E-state index contributed by atoms with van der Waals surface area (Å²) < 4.78 is 30.9. The molecule has 0 unspecified atom stereocenters. The van der Waals surface area contributed by atoms with E-state index in [-0.39, 0.29) is 25.4 Å². The van der Waals surface area contributed by atoms with Crippen molar-refractivity contribution in [1.82, 2.24) is 0 Å². The van der Waals surface area contributed by atoms with Gasteiger partial charge in [-0.3, -0.25) is 0 Å². The molecule has 0 radical (unpaired) electrons. The van der Waals surface area contributed by atoms with Crippen LogP contribution in [0.4, 0.5) is 0 Å². The quantitative estimate of drug-likeness (QED) is 0.0986. The number of fused-ring (bicyclic) bond motifs is 1. The highest BCUT2D eigenvalue weighted by Gasteiger charge is 2.41. The molecular formula is C38H59BO5. The van der Waals surface area contributed by atoms with E-state index in [0.29, 0.717) is 6.61 Å². The number of hydrogen-bond donors (Lipinski definition) is 0. The average Bonchev–Trinajstić information content (AvgIpc) is 3.07. The van der Waals surface area contributed by atoms with Gasteiger partial charge >= 0.3 is 7.12 Å². The largest absolute Gasteiger partial charge is 0.494 e. The van der Waals surface area contributed by atoms with Crippen LogP contribution in [0.3, 0.4) is 0 Å². The van der Waals surface area contributed by atoms with Crippen molar-refractivity contribution in [2.45, 2.75) is 148 Å². The van der Waals surface area contributed by atoms with Crippen molar-refractivity contribution in [3.8, 4) is 11.5 Å². The topological polar surface area (TPSA) is 46.2 Å². The van der Waals surface area contributed by atoms with Crippen molar-refractivity contribution in [2.24, 2.45) is 0 Å². The lowest BCUT2D eigenvalue weighted by molar-refractivity contribution is -0.150. The van der Waals surface area contributed by atoms with Gasteiger partial charge in [-0.25, -0.2) is 0 Å². The monoisotopic (exact) mass is 606 g/mol. The molecule has 0 saturated carbocycles. The Labute approximate surface area is 268 Å². The number of unbranched alkanes of at least 4 members (excludes halogenated alkanes) is 14. The first-order chi connectivity index (χ1) is 21.8. The fourth-order valence-corrected chi connectivity index (χ4v) is 6.32. The second-order valence-electron chi connectivity index (χ2n) is 12.9. The van der Waals surface area contributed by atoms with Gasteiger partial charge < -0.3 is 23.5 Å². The Morgan fingerprint density at radius 3 is 1.64 bits per heavy atom. The Bertz CT molecular complexity index is 997. The first-order valence-corrected chi connectivity index (χ1v) is 18.1. The smallest absolute Gasteiger partial charge is 0.494 e. The van der Waals surface area contributed by atoms with Crippen molar-refractivity contribution < 1.29 is 23.5 Å². The van der Waals surface area contributed by atoms with Gasteiger partial charge in [0.25, 0.3) is 0 Å². The second-order valence-corrected chi connectivity index (χ2v) is 12.9. The van der Waals surface area contributed by atoms with Crippen LogP contribution in [0.25, 0.3) is 0 Å². The SMILES string of the molecule is CCCCCCCCCCCCOc1ccc([C@H]2CC[C@@H]3OB(c4ccc(OCCCCCCCC)cc4)OC[C@H]3O2)cc1. The summed E-state index contributed by atoms with van der Waals surface area (Å²) in [5.74, 6) is 1.86. The maximum absolute atomic E-state index is 6.47. The predicted octanol–water partition coefficient (Wildman–Crippen LogP) is 9.76. The second kappa shape index (κ2) is 20.9. The molecule has 2 aromatic rings. The third kappa shape index (κ3) is 12.4. The maximum atomic E-state index is 6.47. The molecule has 2 heterocycles. The molecule has 3 atom stereocenters. The lowest BCUT2D eigenvalue weighted by Gasteiger charge is -2.41. The van der Waals surface area contributed by atoms with Gasteiger partial charge in [-0.1, -0.05) is 128 Å². The third-order valence-electron chi connectivity index (χ3n) is 9.11. The van der Waals surface area contributed by atoms with E-state index in [1.165, 1.54) is 95.5 Å². The Balaban J connectivity index is 1.08. The molecule has 6 heteroatoms. The summed E-state index contributed by atoms with van der Waals surface area (Å²) in [4.78, 5) is 0. The molecule has 2 aromatic carbocycles. The van der Waals surface area contributed by atoms with Crippen LogP contribution in [-0.4, -0.2) is 39.1 Å². The highest BCUT2D eigenvalue weighted by Crippen LogP contribution is 2.35. The molecule has 0 N–H and O–H groups in total. The van der Waals surface area contributed by atoms with E-state index in [0.717, 1.165) is 55.9 Å². The van der Waals surface area contributed by atoms with Crippen LogP contribution in [0.1, 0.15) is 141 Å². The first kappa shape index (κ1) is 34.9. The van der Waals surface area contributed by atoms with E-state index in [1.54, 1.807) is 0 Å². The van der Waals surface area contributed by atoms with Crippen molar-refractivity contribution in [3.63, 3.8) is 0 Å². The van der Waals surface area contributed by atoms with Crippen LogP contribution < -0.4 is 14.9 Å². The minimum atomic E-state index is -0.351. The Morgan fingerprint density at radius 2 is 1.09 bits per heavy atom. The lowest BCUT2D eigenvalue weighted by atomic mass is 9.76. The zero-order chi connectivity index (χ0) is 30.7. The van der Waals surface area contributed by atoms with Gasteiger partial charge in [-0.2, -0.15) is 0 Å². The fourth-order valence-electron chi connectivity index (χ4n) is 6.32. The normalized spacial score (nSPS) is 20.0. The molecule has 44 heavy (non-hydrogen) atoms. The van der Waals surface area contributed by atoms with Crippen LogP contribution >= 0.6 is 0 Å². The van der Waals surface area contributed by atoms with Crippen LogP contribution in [0.2, 0.25) is 0 Å².